The lowest BCUT2D eigenvalue weighted by Crippen LogP contribution is -2.32. The minimum Gasteiger partial charge on any atom is -0.497 e. The highest BCUT2D eigenvalue weighted by Crippen LogP contribution is 2.21. The first kappa shape index (κ1) is 21.2. The molecule has 0 fully saturated rings. The lowest BCUT2D eigenvalue weighted by Gasteiger charge is -2.24. The Balaban J connectivity index is 1.83. The van der Waals surface area contributed by atoms with E-state index in [2.05, 4.69) is 0 Å². The molecule has 0 saturated heterocycles. The van der Waals surface area contributed by atoms with Gasteiger partial charge in [0.2, 0.25) is 0 Å². The van der Waals surface area contributed by atoms with E-state index in [0.29, 0.717) is 30.8 Å². The van der Waals surface area contributed by atoms with E-state index < -0.39 is 0 Å². The van der Waals surface area contributed by atoms with Crippen molar-refractivity contribution in [3.05, 3.63) is 89.5 Å². The quantitative estimate of drug-likeness (QED) is 0.522. The van der Waals surface area contributed by atoms with Crippen LogP contribution in [-0.2, 0) is 13.0 Å². The van der Waals surface area contributed by atoms with Gasteiger partial charge in [0.1, 0.15) is 17.2 Å². The monoisotopic (exact) mass is 405 g/mol. The summed E-state index contributed by atoms with van der Waals surface area (Å²) in [6.45, 7) is 1.05. The van der Waals surface area contributed by atoms with Crippen molar-refractivity contribution in [3.8, 4) is 17.2 Å². The van der Waals surface area contributed by atoms with Crippen molar-refractivity contribution in [2.75, 3.05) is 27.9 Å². The fraction of sp³-hybridized carbons (Fsp3) is 0.240. The molecule has 0 atom stereocenters. The van der Waals surface area contributed by atoms with Crippen LogP contribution < -0.4 is 14.2 Å². The second kappa shape index (κ2) is 10.3. The first-order valence-corrected chi connectivity index (χ1v) is 9.82. The van der Waals surface area contributed by atoms with E-state index >= 15 is 0 Å². The van der Waals surface area contributed by atoms with Crippen LogP contribution in [0.2, 0.25) is 0 Å². The maximum absolute atomic E-state index is 13.3. The Kier molecular flexibility index (Phi) is 7.33. The zero-order chi connectivity index (χ0) is 21.3. The molecule has 0 unspecified atom stereocenters. The molecule has 30 heavy (non-hydrogen) atoms. The molecule has 3 rings (SSSR count). The number of carbonyl (C=O) groups excluding carboxylic acids is 1. The Morgan fingerprint density at radius 2 is 1.53 bits per heavy atom. The summed E-state index contributed by atoms with van der Waals surface area (Å²) in [4.78, 5) is 15.2. The molecular weight excluding hydrogens is 378 g/mol. The maximum Gasteiger partial charge on any atom is 0.254 e. The fourth-order valence-corrected chi connectivity index (χ4v) is 3.31. The van der Waals surface area contributed by atoms with E-state index in [1.165, 1.54) is 0 Å². The van der Waals surface area contributed by atoms with E-state index in [9.17, 15) is 4.79 Å². The van der Waals surface area contributed by atoms with Gasteiger partial charge in [-0.05, 0) is 53.9 Å². The van der Waals surface area contributed by atoms with Gasteiger partial charge in [-0.15, -0.1) is 0 Å². The Labute approximate surface area is 177 Å². The highest BCUT2D eigenvalue weighted by atomic mass is 16.5. The Morgan fingerprint density at radius 1 is 0.800 bits per heavy atom. The molecule has 5 heteroatoms. The van der Waals surface area contributed by atoms with Gasteiger partial charge < -0.3 is 19.1 Å². The Bertz CT molecular complexity index is 969. The molecule has 156 valence electrons. The van der Waals surface area contributed by atoms with Crippen LogP contribution in [0.5, 0.6) is 17.2 Å². The normalized spacial score (nSPS) is 10.4. The minimum atomic E-state index is -0.0420. The first-order valence-electron chi connectivity index (χ1n) is 9.82. The average molecular weight is 405 g/mol. The molecule has 0 N–H and O–H groups in total. The maximum atomic E-state index is 13.3. The van der Waals surface area contributed by atoms with Gasteiger partial charge in [-0.3, -0.25) is 4.79 Å². The van der Waals surface area contributed by atoms with Crippen molar-refractivity contribution in [2.24, 2.45) is 0 Å². The summed E-state index contributed by atoms with van der Waals surface area (Å²) < 4.78 is 16.0. The van der Waals surface area contributed by atoms with Gasteiger partial charge >= 0.3 is 0 Å². The lowest BCUT2D eigenvalue weighted by atomic mass is 10.1. The van der Waals surface area contributed by atoms with Gasteiger partial charge in [-0.1, -0.05) is 36.4 Å². The number of benzene rings is 3. The van der Waals surface area contributed by atoms with Crippen LogP contribution in [0.1, 0.15) is 21.5 Å². The summed E-state index contributed by atoms with van der Waals surface area (Å²) in [5.41, 5.74) is 2.70. The summed E-state index contributed by atoms with van der Waals surface area (Å²) >= 11 is 0. The van der Waals surface area contributed by atoms with E-state index in [4.69, 9.17) is 14.2 Å². The van der Waals surface area contributed by atoms with Gasteiger partial charge in [0.15, 0.2) is 0 Å². The Morgan fingerprint density at radius 3 is 2.23 bits per heavy atom. The summed E-state index contributed by atoms with van der Waals surface area (Å²) in [5, 5.41) is 0. The molecule has 0 radical (unpaired) electrons. The molecule has 0 saturated carbocycles. The molecule has 0 aliphatic heterocycles. The number of nitrogens with zero attached hydrogens (tertiary/aromatic N) is 1. The molecule has 1 amide bonds. The number of ether oxygens (including phenoxy) is 3. The molecule has 3 aromatic carbocycles. The SMILES string of the molecule is COc1ccc(CN(CCc2ccccc2OC)C(=O)c2cccc(OC)c2)cc1. The number of methoxy groups -OCH3 is 3. The van der Waals surface area contributed by atoms with Gasteiger partial charge in [0, 0.05) is 18.7 Å². The fourth-order valence-electron chi connectivity index (χ4n) is 3.31. The zero-order valence-corrected chi connectivity index (χ0v) is 17.6. The number of hydrogen-bond acceptors (Lipinski definition) is 4. The smallest absolute Gasteiger partial charge is 0.254 e. The van der Waals surface area contributed by atoms with E-state index in [0.717, 1.165) is 22.6 Å². The summed E-state index contributed by atoms with van der Waals surface area (Å²) in [6, 6.07) is 22.9. The van der Waals surface area contributed by atoms with Crippen molar-refractivity contribution in [1.82, 2.24) is 4.90 Å². The summed E-state index contributed by atoms with van der Waals surface area (Å²) in [5.74, 6) is 2.24. The van der Waals surface area contributed by atoms with Gasteiger partial charge in [0.05, 0.1) is 21.3 Å². The number of hydrogen-bond donors (Lipinski definition) is 0. The molecule has 0 aliphatic carbocycles. The minimum absolute atomic E-state index is 0.0420. The third-order valence-corrected chi connectivity index (χ3v) is 4.98. The molecule has 0 aromatic heterocycles. The largest absolute Gasteiger partial charge is 0.497 e. The summed E-state index contributed by atoms with van der Waals surface area (Å²) in [6.07, 6.45) is 0.690. The van der Waals surface area contributed by atoms with Crippen LogP contribution in [-0.4, -0.2) is 38.7 Å². The molecule has 0 heterocycles. The van der Waals surface area contributed by atoms with Crippen LogP contribution in [0.15, 0.2) is 72.8 Å². The predicted molar refractivity (Wildman–Crippen MR) is 117 cm³/mol. The van der Waals surface area contributed by atoms with E-state index in [1.807, 2.05) is 71.6 Å². The van der Waals surface area contributed by atoms with Crippen LogP contribution in [0, 0.1) is 0 Å². The molecule has 0 spiro atoms. The average Bonchev–Trinajstić information content (AvgIpc) is 2.81. The topological polar surface area (TPSA) is 48.0 Å². The Hall–Kier alpha value is -3.47. The third kappa shape index (κ3) is 5.32. The standard InChI is InChI=1S/C25H27NO4/c1-28-22-13-11-19(12-14-22)18-26(16-15-20-7-4-5-10-24(20)30-3)25(27)21-8-6-9-23(17-21)29-2/h4-14,17H,15-16,18H2,1-3H3. The van der Waals surface area contributed by atoms with Crippen molar-refractivity contribution < 1.29 is 19.0 Å². The van der Waals surface area contributed by atoms with Crippen LogP contribution in [0.3, 0.4) is 0 Å². The van der Waals surface area contributed by atoms with Crippen molar-refractivity contribution in [3.63, 3.8) is 0 Å². The van der Waals surface area contributed by atoms with Crippen molar-refractivity contribution >= 4 is 5.91 Å². The number of amides is 1. The third-order valence-electron chi connectivity index (χ3n) is 4.98. The highest BCUT2D eigenvalue weighted by Gasteiger charge is 2.18. The highest BCUT2D eigenvalue weighted by molar-refractivity contribution is 5.94. The van der Waals surface area contributed by atoms with Gasteiger partial charge in [0.25, 0.3) is 5.91 Å². The van der Waals surface area contributed by atoms with Crippen LogP contribution in [0.25, 0.3) is 0 Å². The number of para-hydroxylation sites is 1. The van der Waals surface area contributed by atoms with Gasteiger partial charge in [-0.2, -0.15) is 0 Å². The number of rotatable bonds is 9. The number of carbonyl (C=O) groups is 1. The second-order valence-electron chi connectivity index (χ2n) is 6.87. The molecule has 0 aliphatic rings. The first-order chi connectivity index (χ1) is 14.6. The van der Waals surface area contributed by atoms with Crippen molar-refractivity contribution in [2.45, 2.75) is 13.0 Å². The van der Waals surface area contributed by atoms with Crippen LogP contribution in [0.4, 0.5) is 0 Å². The molecular formula is C25H27NO4. The summed E-state index contributed by atoms with van der Waals surface area (Å²) in [7, 11) is 4.90. The van der Waals surface area contributed by atoms with Gasteiger partial charge in [-0.25, -0.2) is 0 Å². The predicted octanol–water partition coefficient (Wildman–Crippen LogP) is 4.60. The van der Waals surface area contributed by atoms with E-state index in [-0.39, 0.29) is 5.91 Å². The lowest BCUT2D eigenvalue weighted by molar-refractivity contribution is 0.0744. The molecule has 0 bridgehead atoms. The van der Waals surface area contributed by atoms with Crippen LogP contribution >= 0.6 is 0 Å². The molecule has 5 nitrogen and oxygen atoms in total. The molecule has 3 aromatic rings. The zero-order valence-electron chi connectivity index (χ0n) is 17.6. The second-order valence-corrected chi connectivity index (χ2v) is 6.87. The van der Waals surface area contributed by atoms with E-state index in [1.54, 1.807) is 27.4 Å². The van der Waals surface area contributed by atoms with Crippen molar-refractivity contribution in [1.29, 1.82) is 0 Å².